The van der Waals surface area contributed by atoms with Crippen LogP contribution in [-0.2, 0) is 19.6 Å². The van der Waals surface area contributed by atoms with E-state index in [9.17, 15) is 9.18 Å². The van der Waals surface area contributed by atoms with Gasteiger partial charge in [0.2, 0.25) is 0 Å². The van der Waals surface area contributed by atoms with E-state index >= 15 is 0 Å². The minimum Gasteiger partial charge on any atom is -0.497 e. The molecule has 6 nitrogen and oxygen atoms in total. The number of benzene rings is 2. The van der Waals surface area contributed by atoms with Crippen LogP contribution < -0.4 is 9.47 Å². The van der Waals surface area contributed by atoms with Crippen LogP contribution in [0.2, 0.25) is 0 Å². The van der Waals surface area contributed by atoms with Gasteiger partial charge in [0.1, 0.15) is 28.0 Å². The molecule has 8 heteroatoms. The first kappa shape index (κ1) is 25.1. The molecular formula is C27H32FN3O3S. The van der Waals surface area contributed by atoms with Crippen molar-refractivity contribution in [3.05, 3.63) is 75.5 Å². The molecule has 4 rings (SSSR count). The van der Waals surface area contributed by atoms with E-state index in [4.69, 9.17) is 9.47 Å². The Morgan fingerprint density at radius 2 is 1.83 bits per heavy atom. The van der Waals surface area contributed by atoms with E-state index in [-0.39, 0.29) is 11.7 Å². The lowest BCUT2D eigenvalue weighted by Crippen LogP contribution is -2.38. The molecule has 0 aliphatic carbocycles. The van der Waals surface area contributed by atoms with Crippen molar-refractivity contribution in [3.63, 3.8) is 0 Å². The number of thiazole rings is 1. The summed E-state index contributed by atoms with van der Waals surface area (Å²) in [4.78, 5) is 21.8. The number of aromatic nitrogens is 1. The van der Waals surface area contributed by atoms with E-state index in [0.717, 1.165) is 53.6 Å². The van der Waals surface area contributed by atoms with Crippen molar-refractivity contribution in [2.45, 2.75) is 39.4 Å². The number of amides is 1. The molecule has 1 aliphatic rings. The Morgan fingerprint density at radius 1 is 1.09 bits per heavy atom. The summed E-state index contributed by atoms with van der Waals surface area (Å²) >= 11 is 1.50. The minimum absolute atomic E-state index is 0.0151. The largest absolute Gasteiger partial charge is 0.497 e. The van der Waals surface area contributed by atoms with E-state index < -0.39 is 0 Å². The monoisotopic (exact) mass is 497 g/mol. The lowest BCUT2D eigenvalue weighted by atomic mass is 9.99. The molecule has 1 fully saturated rings. The lowest BCUT2D eigenvalue weighted by molar-refractivity contribution is 0.0691. The number of ether oxygens (including phenoxy) is 2. The quantitative estimate of drug-likeness (QED) is 0.398. The molecule has 0 bridgehead atoms. The smallest absolute Gasteiger partial charge is 0.273 e. The van der Waals surface area contributed by atoms with Gasteiger partial charge in [-0.05, 0) is 42.5 Å². The minimum atomic E-state index is -0.257. The molecule has 3 aromatic rings. The molecule has 2 heterocycles. The molecule has 0 saturated carbocycles. The number of methoxy groups -OCH3 is 2. The van der Waals surface area contributed by atoms with E-state index in [1.807, 2.05) is 28.5 Å². The van der Waals surface area contributed by atoms with Crippen LogP contribution in [0, 0.1) is 11.7 Å². The maximum Gasteiger partial charge on any atom is 0.273 e. The summed E-state index contributed by atoms with van der Waals surface area (Å²) in [7, 11) is 3.27. The second-order valence-corrected chi connectivity index (χ2v) is 9.99. The molecule has 0 spiro atoms. The highest BCUT2D eigenvalue weighted by atomic mass is 32.1. The Labute approximate surface area is 210 Å². The number of halogens is 1. The maximum atomic E-state index is 13.5. The zero-order valence-electron chi connectivity index (χ0n) is 20.5. The average Bonchev–Trinajstić information content (AvgIpc) is 3.34. The van der Waals surface area contributed by atoms with E-state index in [2.05, 4.69) is 16.8 Å². The molecule has 0 unspecified atom stereocenters. The van der Waals surface area contributed by atoms with Gasteiger partial charge in [0.15, 0.2) is 0 Å². The molecular weight excluding hydrogens is 465 g/mol. The van der Waals surface area contributed by atoms with Crippen LogP contribution in [0.15, 0.2) is 47.8 Å². The molecule has 0 atom stereocenters. The van der Waals surface area contributed by atoms with E-state index in [1.54, 1.807) is 26.4 Å². The fourth-order valence-corrected chi connectivity index (χ4v) is 5.10. The Morgan fingerprint density at radius 3 is 2.51 bits per heavy atom. The summed E-state index contributed by atoms with van der Waals surface area (Å²) < 4.78 is 24.4. The average molecular weight is 498 g/mol. The summed E-state index contributed by atoms with van der Waals surface area (Å²) in [5, 5.41) is 2.73. The Bertz CT molecular complexity index is 1130. The first-order valence-corrected chi connectivity index (χ1v) is 12.7. The van der Waals surface area contributed by atoms with Crippen molar-refractivity contribution in [3.8, 4) is 11.5 Å². The molecule has 35 heavy (non-hydrogen) atoms. The first-order chi connectivity index (χ1) is 16.9. The van der Waals surface area contributed by atoms with Crippen molar-refractivity contribution in [1.82, 2.24) is 14.8 Å². The van der Waals surface area contributed by atoms with Crippen LogP contribution in [0.4, 0.5) is 4.39 Å². The Hall–Kier alpha value is -2.97. The van der Waals surface area contributed by atoms with E-state index in [0.29, 0.717) is 31.2 Å². The topological polar surface area (TPSA) is 54.9 Å². The first-order valence-electron chi connectivity index (χ1n) is 11.9. The van der Waals surface area contributed by atoms with Gasteiger partial charge in [-0.25, -0.2) is 9.37 Å². The van der Waals surface area contributed by atoms with Gasteiger partial charge in [-0.15, -0.1) is 11.3 Å². The number of piperidine rings is 1. The zero-order valence-corrected chi connectivity index (χ0v) is 21.3. The summed E-state index contributed by atoms with van der Waals surface area (Å²) in [6.07, 6.45) is 2.08. The molecule has 2 aromatic carbocycles. The number of carbonyl (C=O) groups is 1. The van der Waals surface area contributed by atoms with Gasteiger partial charge in [0.05, 0.1) is 20.8 Å². The van der Waals surface area contributed by atoms with Gasteiger partial charge in [-0.1, -0.05) is 25.1 Å². The summed E-state index contributed by atoms with van der Waals surface area (Å²) in [6, 6.07) is 12.3. The van der Waals surface area contributed by atoms with E-state index in [1.165, 1.54) is 23.5 Å². The van der Waals surface area contributed by atoms with Gasteiger partial charge in [0.25, 0.3) is 5.91 Å². The van der Waals surface area contributed by atoms with Crippen molar-refractivity contribution < 1.29 is 18.7 Å². The third-order valence-electron chi connectivity index (χ3n) is 6.41. The molecule has 1 saturated heterocycles. The molecule has 0 N–H and O–H groups in total. The molecule has 1 aromatic heterocycles. The lowest BCUT2D eigenvalue weighted by Gasteiger charge is -2.29. The maximum absolute atomic E-state index is 13.5. The number of hydrogen-bond donors (Lipinski definition) is 0. The van der Waals surface area contributed by atoms with Crippen LogP contribution in [0.1, 0.15) is 46.4 Å². The Balaban J connectivity index is 1.52. The zero-order chi connectivity index (χ0) is 24.8. The van der Waals surface area contributed by atoms with Crippen molar-refractivity contribution in [1.29, 1.82) is 0 Å². The fourth-order valence-electron chi connectivity index (χ4n) is 4.29. The van der Waals surface area contributed by atoms with Crippen LogP contribution in [0.25, 0.3) is 0 Å². The highest BCUT2D eigenvalue weighted by molar-refractivity contribution is 7.09. The predicted octanol–water partition coefficient (Wildman–Crippen LogP) is 5.37. The third kappa shape index (κ3) is 6.58. The highest BCUT2D eigenvalue weighted by Gasteiger charge is 2.24. The summed E-state index contributed by atoms with van der Waals surface area (Å²) in [5.74, 6) is 1.89. The van der Waals surface area contributed by atoms with Gasteiger partial charge in [-0.2, -0.15) is 0 Å². The standard InChI is InChI=1S/C27H32FN3O3S/c1-19-10-12-31(13-11-19)27(32)24-18-35-26(29-24)17-30(15-20-4-7-22(28)8-5-20)16-21-6-9-23(33-2)14-25(21)34-3/h4-9,14,18-19H,10-13,15-17H2,1-3H3. The van der Waals surface area contributed by atoms with Crippen molar-refractivity contribution in [2.24, 2.45) is 5.92 Å². The number of nitrogens with zero attached hydrogens (tertiary/aromatic N) is 3. The van der Waals surface area contributed by atoms with Gasteiger partial charge >= 0.3 is 0 Å². The number of likely N-dealkylation sites (tertiary alicyclic amines) is 1. The normalized spacial score (nSPS) is 14.4. The molecule has 0 radical (unpaired) electrons. The number of carbonyl (C=O) groups excluding carboxylic acids is 1. The predicted molar refractivity (Wildman–Crippen MR) is 135 cm³/mol. The number of rotatable bonds is 9. The SMILES string of the molecule is COc1ccc(CN(Cc2ccc(F)cc2)Cc2nc(C(=O)N3CCC(C)CC3)cs2)c(OC)c1. The molecule has 186 valence electrons. The van der Waals surface area contributed by atoms with Crippen molar-refractivity contribution in [2.75, 3.05) is 27.3 Å². The summed E-state index contributed by atoms with van der Waals surface area (Å²) in [6.45, 7) is 5.57. The van der Waals surface area contributed by atoms with Crippen molar-refractivity contribution >= 4 is 17.2 Å². The summed E-state index contributed by atoms with van der Waals surface area (Å²) in [5.41, 5.74) is 2.52. The van der Waals surface area contributed by atoms with Crippen LogP contribution in [0.5, 0.6) is 11.5 Å². The second kappa shape index (κ2) is 11.6. The van der Waals surface area contributed by atoms with Crippen LogP contribution in [0.3, 0.4) is 0 Å². The molecule has 1 amide bonds. The molecule has 1 aliphatic heterocycles. The van der Waals surface area contributed by atoms with Crippen LogP contribution in [-0.4, -0.2) is 48.0 Å². The third-order valence-corrected chi connectivity index (χ3v) is 7.24. The highest BCUT2D eigenvalue weighted by Crippen LogP contribution is 2.27. The fraction of sp³-hybridized carbons (Fsp3) is 0.407. The van der Waals surface area contributed by atoms with Gasteiger partial charge < -0.3 is 14.4 Å². The van der Waals surface area contributed by atoms with Gasteiger partial charge in [-0.3, -0.25) is 9.69 Å². The van der Waals surface area contributed by atoms with Gasteiger partial charge in [0, 0.05) is 43.2 Å². The van der Waals surface area contributed by atoms with Crippen LogP contribution >= 0.6 is 11.3 Å². The second-order valence-electron chi connectivity index (χ2n) is 9.05. The number of hydrogen-bond acceptors (Lipinski definition) is 6. The Kier molecular flexibility index (Phi) is 8.36.